The van der Waals surface area contributed by atoms with Gasteiger partial charge >= 0.3 is 0 Å². The highest BCUT2D eigenvalue weighted by molar-refractivity contribution is 4.99. The average molecular weight is 255 g/mol. The maximum atomic E-state index is 3.66. The van der Waals surface area contributed by atoms with Gasteiger partial charge < -0.3 is 10.6 Å². The van der Waals surface area contributed by atoms with E-state index in [4.69, 9.17) is 0 Å². The lowest BCUT2D eigenvalue weighted by Crippen LogP contribution is -2.64. The van der Waals surface area contributed by atoms with Crippen molar-refractivity contribution in [1.29, 1.82) is 0 Å². The Hall–Kier alpha value is -0.120. The topological polar surface area (TPSA) is 27.3 Å². The maximum absolute atomic E-state index is 3.66. The molecule has 0 bridgehead atoms. The zero-order valence-electron chi connectivity index (χ0n) is 13.2. The molecule has 0 atom stereocenters. The van der Waals surface area contributed by atoms with Crippen molar-refractivity contribution in [3.8, 4) is 0 Å². The van der Waals surface area contributed by atoms with Gasteiger partial charge in [-0.05, 0) is 25.7 Å². The predicted molar refractivity (Wildman–Crippen MR) is 80.0 cm³/mol. The van der Waals surface area contributed by atoms with Crippen molar-refractivity contribution in [1.82, 2.24) is 15.5 Å². The molecule has 0 saturated carbocycles. The van der Waals surface area contributed by atoms with E-state index in [1.807, 2.05) is 0 Å². The highest BCUT2D eigenvalue weighted by atomic mass is 15.3. The Morgan fingerprint density at radius 3 is 1.89 bits per heavy atom. The molecule has 0 aromatic rings. The van der Waals surface area contributed by atoms with Gasteiger partial charge in [-0.1, -0.05) is 27.7 Å². The Morgan fingerprint density at radius 2 is 1.39 bits per heavy atom. The second kappa shape index (κ2) is 6.88. The zero-order valence-corrected chi connectivity index (χ0v) is 13.2. The Kier molecular flexibility index (Phi) is 6.09. The first kappa shape index (κ1) is 15.9. The third-order valence-electron chi connectivity index (χ3n) is 4.57. The quantitative estimate of drug-likeness (QED) is 0.807. The van der Waals surface area contributed by atoms with Crippen LogP contribution in [0.2, 0.25) is 0 Å². The summed E-state index contributed by atoms with van der Waals surface area (Å²) >= 11 is 0. The van der Waals surface area contributed by atoms with E-state index in [1.165, 1.54) is 0 Å². The average Bonchev–Trinajstić information content (AvgIpc) is 2.37. The van der Waals surface area contributed by atoms with E-state index in [0.29, 0.717) is 17.9 Å². The molecule has 2 N–H and O–H groups in total. The van der Waals surface area contributed by atoms with Crippen LogP contribution in [0.5, 0.6) is 0 Å². The summed E-state index contributed by atoms with van der Waals surface area (Å²) in [7, 11) is 0. The van der Waals surface area contributed by atoms with Crippen LogP contribution in [0.25, 0.3) is 0 Å². The molecule has 0 radical (unpaired) electrons. The van der Waals surface area contributed by atoms with Gasteiger partial charge in [-0.25, -0.2) is 0 Å². The van der Waals surface area contributed by atoms with Crippen molar-refractivity contribution in [3.05, 3.63) is 0 Å². The minimum absolute atomic E-state index is 0.264. The van der Waals surface area contributed by atoms with E-state index in [9.17, 15) is 0 Å². The van der Waals surface area contributed by atoms with Crippen molar-refractivity contribution in [2.45, 2.75) is 53.1 Å². The summed E-state index contributed by atoms with van der Waals surface area (Å²) in [6.07, 6.45) is 0. The van der Waals surface area contributed by atoms with Crippen molar-refractivity contribution < 1.29 is 0 Å². The molecule has 0 amide bonds. The molecule has 0 unspecified atom stereocenters. The highest BCUT2D eigenvalue weighted by Crippen LogP contribution is 2.34. The predicted octanol–water partition coefficient (Wildman–Crippen LogP) is 1.94. The summed E-state index contributed by atoms with van der Waals surface area (Å²) < 4.78 is 0. The first-order valence-corrected chi connectivity index (χ1v) is 7.61. The molecule has 1 aliphatic heterocycles. The molecule has 1 saturated heterocycles. The number of nitrogens with zero attached hydrogens (tertiary/aromatic N) is 1. The zero-order chi connectivity index (χ0) is 13.8. The smallest absolute Gasteiger partial charge is 0.0382 e. The number of rotatable bonds is 3. The molecule has 0 aromatic heterocycles. The summed E-state index contributed by atoms with van der Waals surface area (Å²) in [6, 6.07) is 0.594. The van der Waals surface area contributed by atoms with Crippen LogP contribution >= 0.6 is 0 Å². The Morgan fingerprint density at radius 1 is 0.833 bits per heavy atom. The van der Waals surface area contributed by atoms with Gasteiger partial charge in [0.2, 0.25) is 0 Å². The van der Waals surface area contributed by atoms with E-state index < -0.39 is 0 Å². The normalized spacial score (nSPS) is 23.2. The van der Waals surface area contributed by atoms with Crippen molar-refractivity contribution >= 4 is 0 Å². The fourth-order valence-electron chi connectivity index (χ4n) is 3.58. The molecule has 1 aliphatic rings. The Labute approximate surface area is 114 Å². The summed E-state index contributed by atoms with van der Waals surface area (Å²) in [5.74, 6) is 1.32. The van der Waals surface area contributed by atoms with Gasteiger partial charge in [-0.15, -0.1) is 0 Å². The fraction of sp³-hybridized carbons (Fsp3) is 1.00. The summed E-state index contributed by atoms with van der Waals surface area (Å²) in [5.41, 5.74) is 0.264. The lowest BCUT2D eigenvalue weighted by molar-refractivity contribution is -0.0157. The lowest BCUT2D eigenvalue weighted by Gasteiger charge is -2.52. The first-order chi connectivity index (χ1) is 8.43. The van der Waals surface area contributed by atoms with Crippen molar-refractivity contribution in [2.24, 2.45) is 11.8 Å². The molecule has 108 valence electrons. The van der Waals surface area contributed by atoms with Crippen molar-refractivity contribution in [3.63, 3.8) is 0 Å². The third kappa shape index (κ3) is 3.25. The van der Waals surface area contributed by atoms with Crippen molar-refractivity contribution in [2.75, 3.05) is 32.7 Å². The van der Waals surface area contributed by atoms with Gasteiger partial charge in [0.05, 0.1) is 0 Å². The lowest BCUT2D eigenvalue weighted by atomic mass is 9.74. The highest BCUT2D eigenvalue weighted by Gasteiger charge is 2.43. The van der Waals surface area contributed by atoms with Gasteiger partial charge in [0.1, 0.15) is 0 Å². The van der Waals surface area contributed by atoms with E-state index >= 15 is 0 Å². The van der Waals surface area contributed by atoms with Gasteiger partial charge in [0.25, 0.3) is 0 Å². The maximum Gasteiger partial charge on any atom is 0.0382 e. The van der Waals surface area contributed by atoms with E-state index in [-0.39, 0.29) is 5.54 Å². The number of hydrogen-bond donors (Lipinski definition) is 2. The van der Waals surface area contributed by atoms with Crippen LogP contribution in [0.1, 0.15) is 41.5 Å². The molecule has 0 spiro atoms. The van der Waals surface area contributed by atoms with Crippen LogP contribution in [-0.2, 0) is 0 Å². The minimum Gasteiger partial charge on any atom is -0.314 e. The Bertz CT molecular complexity index is 228. The van der Waals surface area contributed by atoms with Gasteiger partial charge in [0, 0.05) is 44.3 Å². The van der Waals surface area contributed by atoms with Gasteiger partial charge in [-0.3, -0.25) is 4.90 Å². The van der Waals surface area contributed by atoms with Crippen LogP contribution in [0.15, 0.2) is 0 Å². The SMILES string of the molecule is CC(C)N1CCNCCNCC1(C(C)C)C(C)C. The van der Waals surface area contributed by atoms with Crippen LogP contribution in [0.3, 0.4) is 0 Å². The molecular formula is C15H33N3. The minimum atomic E-state index is 0.264. The van der Waals surface area contributed by atoms with E-state index in [0.717, 1.165) is 32.7 Å². The van der Waals surface area contributed by atoms with Crippen LogP contribution in [0.4, 0.5) is 0 Å². The molecule has 0 aliphatic carbocycles. The molecule has 3 nitrogen and oxygen atoms in total. The second-order valence-electron chi connectivity index (χ2n) is 6.51. The number of hydrogen-bond acceptors (Lipinski definition) is 3. The summed E-state index contributed by atoms with van der Waals surface area (Å²) in [4.78, 5) is 2.72. The standard InChI is InChI=1S/C15H33N3/c1-12(2)15(13(3)4)11-17-8-7-16-9-10-18(15)14(5)6/h12-14,16-17H,7-11H2,1-6H3. The summed E-state index contributed by atoms with van der Waals surface area (Å²) in [5, 5.41) is 7.19. The first-order valence-electron chi connectivity index (χ1n) is 7.61. The molecule has 1 fully saturated rings. The van der Waals surface area contributed by atoms with Crippen LogP contribution < -0.4 is 10.6 Å². The fourth-order valence-corrected chi connectivity index (χ4v) is 3.58. The molecule has 18 heavy (non-hydrogen) atoms. The van der Waals surface area contributed by atoms with Gasteiger partial charge in [0.15, 0.2) is 0 Å². The second-order valence-corrected chi connectivity index (χ2v) is 6.51. The molecular weight excluding hydrogens is 222 g/mol. The van der Waals surface area contributed by atoms with Crippen LogP contribution in [0, 0.1) is 11.8 Å². The van der Waals surface area contributed by atoms with E-state index in [1.54, 1.807) is 0 Å². The number of nitrogens with one attached hydrogen (secondary N) is 2. The molecule has 1 rings (SSSR count). The monoisotopic (exact) mass is 255 g/mol. The molecule has 1 heterocycles. The van der Waals surface area contributed by atoms with Gasteiger partial charge in [-0.2, -0.15) is 0 Å². The molecule has 0 aromatic carbocycles. The molecule has 3 heteroatoms. The summed E-state index contributed by atoms with van der Waals surface area (Å²) in [6.45, 7) is 19.7. The third-order valence-corrected chi connectivity index (χ3v) is 4.57. The largest absolute Gasteiger partial charge is 0.314 e. The van der Waals surface area contributed by atoms with E-state index in [2.05, 4.69) is 57.1 Å². The van der Waals surface area contributed by atoms with Crippen LogP contribution in [-0.4, -0.2) is 49.2 Å². The Balaban J connectivity index is 3.06.